The fraction of sp³-hybridized carbons (Fsp3) is 0.556. The van der Waals surface area contributed by atoms with Crippen molar-refractivity contribution in [1.82, 2.24) is 4.90 Å². The summed E-state index contributed by atoms with van der Waals surface area (Å²) in [4.78, 5) is 14.1. The van der Waals surface area contributed by atoms with Gasteiger partial charge < -0.3 is 19.1 Å². The summed E-state index contributed by atoms with van der Waals surface area (Å²) in [6.07, 6.45) is 0.266. The molecule has 6 nitrogen and oxygen atoms in total. The molecule has 1 saturated heterocycles. The molecular formula is C18H24N2O4. The van der Waals surface area contributed by atoms with E-state index in [1.165, 1.54) is 7.11 Å². The van der Waals surface area contributed by atoms with E-state index in [1.807, 2.05) is 26.8 Å². The first-order chi connectivity index (χ1) is 11.3. The highest BCUT2D eigenvalue weighted by Crippen LogP contribution is 2.22. The minimum atomic E-state index is -0.534. The van der Waals surface area contributed by atoms with E-state index in [1.54, 1.807) is 17.0 Å². The van der Waals surface area contributed by atoms with Crippen molar-refractivity contribution < 1.29 is 19.0 Å². The zero-order valence-corrected chi connectivity index (χ0v) is 14.7. The molecule has 0 N–H and O–H groups in total. The van der Waals surface area contributed by atoms with Gasteiger partial charge in [0.2, 0.25) is 0 Å². The molecule has 0 bridgehead atoms. The highest BCUT2D eigenvalue weighted by Gasteiger charge is 2.31. The standard InChI is InChI=1S/C18H24N2O4/c1-18(2,3)24-17(21)20-7-8-23-12-15(20)10-13-5-6-16(22-4)14(9-13)11-19/h5-6,9,15H,7-8,10,12H2,1-4H3. The molecule has 1 fully saturated rings. The molecule has 6 heteroatoms. The van der Waals surface area contributed by atoms with Gasteiger partial charge >= 0.3 is 6.09 Å². The van der Waals surface area contributed by atoms with Gasteiger partial charge in [0, 0.05) is 6.54 Å². The summed E-state index contributed by atoms with van der Waals surface area (Å²) >= 11 is 0. The Labute approximate surface area is 142 Å². The van der Waals surface area contributed by atoms with Gasteiger partial charge in [-0.05, 0) is 44.9 Å². The van der Waals surface area contributed by atoms with Crippen LogP contribution in [0, 0.1) is 11.3 Å². The van der Waals surface area contributed by atoms with E-state index >= 15 is 0 Å². The minimum absolute atomic E-state index is 0.117. The number of nitrogens with zero attached hydrogens (tertiary/aromatic N) is 2. The quantitative estimate of drug-likeness (QED) is 0.851. The molecule has 1 heterocycles. The maximum absolute atomic E-state index is 12.4. The summed E-state index contributed by atoms with van der Waals surface area (Å²) in [7, 11) is 1.54. The van der Waals surface area contributed by atoms with E-state index in [0.717, 1.165) is 5.56 Å². The minimum Gasteiger partial charge on any atom is -0.495 e. The first kappa shape index (κ1) is 18.1. The molecule has 130 valence electrons. The molecule has 1 atom stereocenters. The zero-order valence-electron chi connectivity index (χ0n) is 14.7. The summed E-state index contributed by atoms with van der Waals surface area (Å²) in [5.41, 5.74) is 0.903. The number of ether oxygens (including phenoxy) is 3. The van der Waals surface area contributed by atoms with E-state index in [4.69, 9.17) is 14.2 Å². The Hall–Kier alpha value is -2.26. The number of carbonyl (C=O) groups excluding carboxylic acids is 1. The van der Waals surface area contributed by atoms with Crippen molar-refractivity contribution in [3.63, 3.8) is 0 Å². The van der Waals surface area contributed by atoms with Crippen LogP contribution in [0.1, 0.15) is 31.9 Å². The van der Waals surface area contributed by atoms with Gasteiger partial charge in [0.25, 0.3) is 0 Å². The SMILES string of the molecule is COc1ccc(CC2COCCN2C(=O)OC(C)(C)C)cc1C#N. The van der Waals surface area contributed by atoms with Gasteiger partial charge in [0.1, 0.15) is 17.4 Å². The fourth-order valence-corrected chi connectivity index (χ4v) is 2.63. The lowest BCUT2D eigenvalue weighted by molar-refractivity contribution is -0.0319. The fourth-order valence-electron chi connectivity index (χ4n) is 2.63. The Kier molecular flexibility index (Phi) is 5.68. The highest BCUT2D eigenvalue weighted by molar-refractivity contribution is 5.68. The van der Waals surface area contributed by atoms with Gasteiger partial charge in [-0.15, -0.1) is 0 Å². The number of nitriles is 1. The Morgan fingerprint density at radius 3 is 2.83 bits per heavy atom. The second-order valence-electron chi connectivity index (χ2n) is 6.75. The van der Waals surface area contributed by atoms with E-state index in [-0.39, 0.29) is 12.1 Å². The largest absolute Gasteiger partial charge is 0.495 e. The molecule has 1 aliphatic rings. The Morgan fingerprint density at radius 2 is 2.21 bits per heavy atom. The number of hydrogen-bond acceptors (Lipinski definition) is 5. The number of methoxy groups -OCH3 is 1. The molecule has 2 rings (SSSR count). The molecule has 1 aliphatic heterocycles. The average molecular weight is 332 g/mol. The molecule has 0 saturated carbocycles. The maximum atomic E-state index is 12.4. The summed E-state index contributed by atoms with van der Waals surface area (Å²) in [5.74, 6) is 0.546. The van der Waals surface area contributed by atoms with Crippen LogP contribution in [0.5, 0.6) is 5.75 Å². The molecular weight excluding hydrogens is 308 g/mol. The van der Waals surface area contributed by atoms with Crippen molar-refractivity contribution in [2.75, 3.05) is 26.9 Å². The van der Waals surface area contributed by atoms with Gasteiger partial charge in [-0.25, -0.2) is 4.79 Å². The molecule has 24 heavy (non-hydrogen) atoms. The van der Waals surface area contributed by atoms with Crippen LogP contribution in [-0.4, -0.2) is 49.5 Å². The van der Waals surface area contributed by atoms with Crippen LogP contribution in [0.3, 0.4) is 0 Å². The Balaban J connectivity index is 2.14. The van der Waals surface area contributed by atoms with Gasteiger partial charge in [0.05, 0.1) is 31.9 Å². The van der Waals surface area contributed by atoms with Crippen molar-refractivity contribution in [3.8, 4) is 11.8 Å². The second kappa shape index (κ2) is 7.54. The van der Waals surface area contributed by atoms with Crippen molar-refractivity contribution in [3.05, 3.63) is 29.3 Å². The third kappa shape index (κ3) is 4.62. The van der Waals surface area contributed by atoms with Crippen LogP contribution >= 0.6 is 0 Å². The highest BCUT2D eigenvalue weighted by atomic mass is 16.6. The van der Waals surface area contributed by atoms with Crippen molar-refractivity contribution in [1.29, 1.82) is 5.26 Å². The van der Waals surface area contributed by atoms with Crippen molar-refractivity contribution in [2.24, 2.45) is 0 Å². The van der Waals surface area contributed by atoms with E-state index in [9.17, 15) is 10.1 Å². The summed E-state index contributed by atoms with van der Waals surface area (Å²) in [6.45, 7) is 7.00. The van der Waals surface area contributed by atoms with E-state index in [0.29, 0.717) is 37.5 Å². The van der Waals surface area contributed by atoms with Crippen LogP contribution < -0.4 is 4.74 Å². The first-order valence-electron chi connectivity index (χ1n) is 7.98. The molecule has 0 aliphatic carbocycles. The lowest BCUT2D eigenvalue weighted by Crippen LogP contribution is -2.51. The zero-order chi connectivity index (χ0) is 17.7. The monoisotopic (exact) mass is 332 g/mol. The number of carbonyl (C=O) groups is 1. The summed E-state index contributed by atoms with van der Waals surface area (Å²) in [6, 6.07) is 7.48. The first-order valence-corrected chi connectivity index (χ1v) is 7.98. The molecule has 0 spiro atoms. The van der Waals surface area contributed by atoms with Crippen molar-refractivity contribution in [2.45, 2.75) is 38.8 Å². The van der Waals surface area contributed by atoms with Crippen LogP contribution in [0.4, 0.5) is 4.79 Å². The number of rotatable bonds is 3. The topological polar surface area (TPSA) is 71.8 Å². The second-order valence-corrected chi connectivity index (χ2v) is 6.75. The van der Waals surface area contributed by atoms with Gasteiger partial charge in [-0.3, -0.25) is 0 Å². The number of hydrogen-bond donors (Lipinski definition) is 0. The molecule has 1 aromatic rings. The van der Waals surface area contributed by atoms with Crippen LogP contribution in [0.25, 0.3) is 0 Å². The number of benzene rings is 1. The summed E-state index contributed by atoms with van der Waals surface area (Å²) < 4.78 is 16.2. The molecule has 0 radical (unpaired) electrons. The smallest absolute Gasteiger partial charge is 0.410 e. The third-order valence-electron chi connectivity index (χ3n) is 3.71. The molecule has 1 amide bonds. The Bertz CT molecular complexity index is 631. The van der Waals surface area contributed by atoms with Gasteiger partial charge in [0.15, 0.2) is 0 Å². The maximum Gasteiger partial charge on any atom is 0.410 e. The van der Waals surface area contributed by atoms with Crippen LogP contribution in [-0.2, 0) is 15.9 Å². The summed E-state index contributed by atoms with van der Waals surface area (Å²) in [5, 5.41) is 9.21. The van der Waals surface area contributed by atoms with Crippen LogP contribution in [0.2, 0.25) is 0 Å². The van der Waals surface area contributed by atoms with E-state index < -0.39 is 5.60 Å². The Morgan fingerprint density at radius 1 is 1.46 bits per heavy atom. The van der Waals surface area contributed by atoms with E-state index in [2.05, 4.69) is 6.07 Å². The number of amides is 1. The number of morpholine rings is 1. The average Bonchev–Trinajstić information content (AvgIpc) is 2.53. The molecule has 0 aromatic heterocycles. The predicted octanol–water partition coefficient (Wildman–Crippen LogP) is 2.75. The van der Waals surface area contributed by atoms with Crippen molar-refractivity contribution >= 4 is 6.09 Å². The normalized spacial score (nSPS) is 18.0. The van der Waals surface area contributed by atoms with Gasteiger partial charge in [-0.1, -0.05) is 6.07 Å². The van der Waals surface area contributed by atoms with Gasteiger partial charge in [-0.2, -0.15) is 5.26 Å². The molecule has 1 unspecified atom stereocenters. The lowest BCUT2D eigenvalue weighted by Gasteiger charge is -2.36. The third-order valence-corrected chi connectivity index (χ3v) is 3.71. The molecule has 1 aromatic carbocycles. The van der Waals surface area contributed by atoms with Crippen LogP contribution in [0.15, 0.2) is 18.2 Å². The lowest BCUT2D eigenvalue weighted by atomic mass is 10.0. The predicted molar refractivity (Wildman–Crippen MR) is 89.0 cm³/mol.